The van der Waals surface area contributed by atoms with Crippen molar-refractivity contribution in [3.63, 3.8) is 0 Å². The molecule has 0 aliphatic heterocycles. The summed E-state index contributed by atoms with van der Waals surface area (Å²) in [5, 5.41) is 40.2. The number of aliphatic hydroxyl groups excluding tert-OH is 4. The van der Waals surface area contributed by atoms with Gasteiger partial charge in [-0.3, -0.25) is 0 Å². The predicted octanol–water partition coefficient (Wildman–Crippen LogP) is 9.55. The first-order valence-electron chi connectivity index (χ1n) is 21.7. The Balaban J connectivity index is 4.49. The second kappa shape index (κ2) is 36.5. The van der Waals surface area contributed by atoms with Gasteiger partial charge in [0.1, 0.15) is 39.3 Å². The van der Waals surface area contributed by atoms with Gasteiger partial charge in [0, 0.05) is 0 Å². The topological polar surface area (TPSA) is 80.9 Å². The van der Waals surface area contributed by atoms with Crippen molar-refractivity contribution in [2.75, 3.05) is 78.8 Å². The van der Waals surface area contributed by atoms with E-state index >= 15 is 0 Å². The van der Waals surface area contributed by atoms with Crippen molar-refractivity contribution in [1.29, 1.82) is 0 Å². The van der Waals surface area contributed by atoms with E-state index in [1.807, 2.05) is 0 Å². The van der Waals surface area contributed by atoms with E-state index in [2.05, 4.69) is 13.8 Å². The van der Waals surface area contributed by atoms with Crippen LogP contribution in [0.1, 0.15) is 194 Å². The number of aliphatic hydroxyl groups is 4. The molecule has 6 nitrogen and oxygen atoms in total. The van der Waals surface area contributed by atoms with Gasteiger partial charge in [-0.2, -0.15) is 0 Å². The van der Waals surface area contributed by atoms with Gasteiger partial charge in [0.25, 0.3) is 0 Å². The molecule has 0 spiro atoms. The molecular weight excluding hydrogens is 596 g/mol. The number of nitrogens with zero attached hydrogens (tertiary/aromatic N) is 2. The molecule has 0 rings (SSSR count). The second-order valence-electron chi connectivity index (χ2n) is 15.6. The predicted molar refractivity (Wildman–Crippen MR) is 208 cm³/mol. The quantitative estimate of drug-likeness (QED) is 0.0382. The zero-order valence-corrected chi connectivity index (χ0v) is 33.0. The molecule has 0 aliphatic carbocycles. The van der Waals surface area contributed by atoms with E-state index in [0.717, 1.165) is 48.0 Å². The van der Waals surface area contributed by atoms with Crippen molar-refractivity contribution in [2.45, 2.75) is 194 Å². The molecule has 48 heavy (non-hydrogen) atoms. The van der Waals surface area contributed by atoms with Gasteiger partial charge in [0.15, 0.2) is 0 Å². The lowest BCUT2D eigenvalue weighted by Gasteiger charge is -2.43. The van der Waals surface area contributed by atoms with Gasteiger partial charge in [0.2, 0.25) is 0 Å². The molecule has 0 aromatic heterocycles. The largest absolute Gasteiger partial charge is 0.391 e. The third kappa shape index (κ3) is 28.5. The van der Waals surface area contributed by atoms with Crippen LogP contribution in [0.4, 0.5) is 0 Å². The van der Waals surface area contributed by atoms with E-state index < -0.39 is 0 Å². The van der Waals surface area contributed by atoms with Crippen molar-refractivity contribution in [1.82, 2.24) is 0 Å². The van der Waals surface area contributed by atoms with Crippen LogP contribution >= 0.6 is 0 Å². The average Bonchev–Trinajstić information content (AvgIpc) is 3.08. The minimum atomic E-state index is 0.136. The van der Waals surface area contributed by atoms with Gasteiger partial charge in [-0.15, -0.1) is 0 Å². The normalized spacial score (nSPS) is 12.4. The van der Waals surface area contributed by atoms with Crippen LogP contribution in [0.3, 0.4) is 0 Å². The molecular formula is C42H90N2O4+2. The zero-order valence-electron chi connectivity index (χ0n) is 33.0. The maximum absolute atomic E-state index is 10.0. The number of unbranched alkanes of at least 4 members (excludes halogenated alkanes) is 26. The summed E-state index contributed by atoms with van der Waals surface area (Å²) in [7, 11) is 0. The van der Waals surface area contributed by atoms with Gasteiger partial charge in [-0.1, -0.05) is 168 Å². The first-order chi connectivity index (χ1) is 23.6. The van der Waals surface area contributed by atoms with Crippen molar-refractivity contribution >= 4 is 0 Å². The Bertz CT molecular complexity index is 556. The fraction of sp³-hybridized carbons (Fsp3) is 1.00. The molecule has 0 atom stereocenters. The monoisotopic (exact) mass is 687 g/mol. The fourth-order valence-corrected chi connectivity index (χ4v) is 7.90. The number of hydrogen-bond donors (Lipinski definition) is 4. The Kier molecular flexibility index (Phi) is 36.4. The Hall–Kier alpha value is -0.240. The van der Waals surface area contributed by atoms with Crippen LogP contribution in [0.15, 0.2) is 0 Å². The molecule has 0 bridgehead atoms. The van der Waals surface area contributed by atoms with E-state index in [9.17, 15) is 20.4 Å². The van der Waals surface area contributed by atoms with Crippen molar-refractivity contribution in [3.05, 3.63) is 0 Å². The Labute approximate surface area is 301 Å². The molecule has 0 radical (unpaired) electrons. The molecule has 290 valence electrons. The number of hydrogen-bond acceptors (Lipinski definition) is 4. The first kappa shape index (κ1) is 47.8. The molecule has 0 unspecified atom stereocenters. The summed E-state index contributed by atoms with van der Waals surface area (Å²) in [6.07, 6.45) is 37.7. The van der Waals surface area contributed by atoms with Gasteiger partial charge in [-0.05, 0) is 25.7 Å². The molecule has 0 aliphatic rings. The fourth-order valence-electron chi connectivity index (χ4n) is 7.90. The van der Waals surface area contributed by atoms with Crippen LogP contribution in [0.25, 0.3) is 0 Å². The molecule has 0 aromatic rings. The Morgan fingerprint density at radius 2 is 0.417 bits per heavy atom. The summed E-state index contributed by atoms with van der Waals surface area (Å²) in [6.45, 7) is 11.6. The van der Waals surface area contributed by atoms with Gasteiger partial charge in [-0.25, -0.2) is 0 Å². The minimum Gasteiger partial charge on any atom is -0.391 e. The molecule has 0 saturated carbocycles. The lowest BCUT2D eigenvalue weighted by molar-refractivity contribution is -0.981. The van der Waals surface area contributed by atoms with Gasteiger partial charge in [0.05, 0.1) is 39.5 Å². The van der Waals surface area contributed by atoms with Crippen LogP contribution in [0.5, 0.6) is 0 Å². The van der Waals surface area contributed by atoms with Crippen LogP contribution in [-0.4, -0.2) is 108 Å². The smallest absolute Gasteiger partial charge is 0.129 e. The number of quaternary nitrogens is 2. The van der Waals surface area contributed by atoms with Crippen LogP contribution in [-0.2, 0) is 0 Å². The number of rotatable bonds is 41. The summed E-state index contributed by atoms with van der Waals surface area (Å²) >= 11 is 0. The second-order valence-corrected chi connectivity index (χ2v) is 15.6. The zero-order chi connectivity index (χ0) is 35.3. The summed E-state index contributed by atoms with van der Waals surface area (Å²) in [4.78, 5) is 0. The maximum atomic E-state index is 10.0. The highest BCUT2D eigenvalue weighted by molar-refractivity contribution is 4.55. The van der Waals surface area contributed by atoms with E-state index in [4.69, 9.17) is 0 Å². The SMILES string of the molecule is CCCCCCCCCCCCCCCC[N+](CCO)(CCO)CC[N+](CCO)(CCO)CCCCCCCCCCCCCCCC. The minimum absolute atomic E-state index is 0.136. The van der Waals surface area contributed by atoms with Crippen LogP contribution < -0.4 is 0 Å². The van der Waals surface area contributed by atoms with Crippen LogP contribution in [0.2, 0.25) is 0 Å². The van der Waals surface area contributed by atoms with Gasteiger partial charge >= 0.3 is 0 Å². The highest BCUT2D eigenvalue weighted by Gasteiger charge is 2.33. The van der Waals surface area contributed by atoms with Crippen molar-refractivity contribution in [3.8, 4) is 0 Å². The maximum Gasteiger partial charge on any atom is 0.129 e. The van der Waals surface area contributed by atoms with Gasteiger partial charge < -0.3 is 29.4 Å². The molecule has 0 amide bonds. The lowest BCUT2D eigenvalue weighted by atomic mass is 10.0. The summed E-state index contributed by atoms with van der Waals surface area (Å²) in [5.41, 5.74) is 0. The molecule has 0 heterocycles. The molecule has 6 heteroatoms. The van der Waals surface area contributed by atoms with E-state index in [1.54, 1.807) is 0 Å². The third-order valence-corrected chi connectivity index (χ3v) is 11.3. The lowest BCUT2D eigenvalue weighted by Crippen LogP contribution is -2.61. The average molecular weight is 687 g/mol. The molecule has 0 fully saturated rings. The van der Waals surface area contributed by atoms with Crippen molar-refractivity contribution < 1.29 is 29.4 Å². The van der Waals surface area contributed by atoms with E-state index in [0.29, 0.717) is 26.2 Å². The summed E-state index contributed by atoms with van der Waals surface area (Å²) in [6, 6.07) is 0. The molecule has 0 aromatic carbocycles. The highest BCUT2D eigenvalue weighted by atomic mass is 16.3. The van der Waals surface area contributed by atoms with E-state index in [-0.39, 0.29) is 26.4 Å². The summed E-state index contributed by atoms with van der Waals surface area (Å²) in [5.74, 6) is 0. The van der Waals surface area contributed by atoms with Crippen LogP contribution in [0, 0.1) is 0 Å². The summed E-state index contributed by atoms with van der Waals surface area (Å²) < 4.78 is 1.50. The standard InChI is InChI=1S/C42H90N2O4/c1-3-5-7-9-11-13-15-17-19-21-23-25-27-29-31-43(35-39-45,36-40-46)33-34-44(37-41-47,38-42-48)32-30-28-26-24-22-20-18-16-14-12-10-8-6-4-2/h45-48H,3-42H2,1-2H3/q+2. The molecule has 0 saturated heterocycles. The Morgan fingerprint density at radius 1 is 0.229 bits per heavy atom. The highest BCUT2D eigenvalue weighted by Crippen LogP contribution is 2.19. The van der Waals surface area contributed by atoms with Crippen molar-refractivity contribution in [2.24, 2.45) is 0 Å². The molecule has 4 N–H and O–H groups in total. The third-order valence-electron chi connectivity index (χ3n) is 11.3. The Morgan fingerprint density at radius 3 is 0.604 bits per heavy atom. The van der Waals surface area contributed by atoms with E-state index in [1.165, 1.54) is 167 Å². The first-order valence-corrected chi connectivity index (χ1v) is 21.7.